The molecule has 0 saturated heterocycles. The maximum atomic E-state index is 12.0. The molecule has 3 heteroatoms. The lowest BCUT2D eigenvalue weighted by Crippen LogP contribution is -2.34. The Bertz CT molecular complexity index is 665. The largest absolute Gasteiger partial charge is 0.444 e. The monoisotopic (exact) mass is 269 g/mol. The molecule has 1 unspecified atom stereocenters. The molecule has 20 heavy (non-hydrogen) atoms. The van der Waals surface area contributed by atoms with Gasteiger partial charge in [-0.25, -0.2) is 4.79 Å². The molecule has 1 aliphatic rings. The van der Waals surface area contributed by atoms with E-state index in [1.807, 2.05) is 26.8 Å². The second-order valence-corrected chi connectivity index (χ2v) is 6.27. The fraction of sp³-hybridized carbons (Fsp3) is 0.353. The molecular weight excluding hydrogens is 250 g/mol. The number of alkyl carbamates (subject to hydrolysis) is 1. The Hall–Kier alpha value is -2.03. The van der Waals surface area contributed by atoms with E-state index >= 15 is 0 Å². The van der Waals surface area contributed by atoms with Crippen molar-refractivity contribution in [1.82, 2.24) is 5.32 Å². The highest BCUT2D eigenvalue weighted by Crippen LogP contribution is 2.36. The molecule has 104 valence electrons. The second kappa shape index (κ2) is 4.51. The SMILES string of the molecule is CC(C)(C)OC(=O)NC1Cc2cccc3cccc1c23. The van der Waals surface area contributed by atoms with Crippen LogP contribution >= 0.6 is 0 Å². The molecule has 0 fully saturated rings. The summed E-state index contributed by atoms with van der Waals surface area (Å²) in [6.07, 6.45) is 0.475. The van der Waals surface area contributed by atoms with Gasteiger partial charge in [0, 0.05) is 0 Å². The molecule has 0 bridgehead atoms. The molecule has 1 amide bonds. The van der Waals surface area contributed by atoms with Crippen molar-refractivity contribution in [3.8, 4) is 0 Å². The molecule has 3 rings (SSSR count). The molecule has 2 aromatic carbocycles. The third-order valence-electron chi connectivity index (χ3n) is 3.51. The van der Waals surface area contributed by atoms with Gasteiger partial charge in [-0.2, -0.15) is 0 Å². The Morgan fingerprint density at radius 2 is 1.90 bits per heavy atom. The van der Waals surface area contributed by atoms with Crippen LogP contribution in [0.25, 0.3) is 10.8 Å². The van der Waals surface area contributed by atoms with Gasteiger partial charge >= 0.3 is 6.09 Å². The zero-order chi connectivity index (χ0) is 14.3. The maximum absolute atomic E-state index is 12.0. The quantitative estimate of drug-likeness (QED) is 0.851. The first-order chi connectivity index (χ1) is 9.44. The maximum Gasteiger partial charge on any atom is 0.408 e. The van der Waals surface area contributed by atoms with Crippen molar-refractivity contribution in [2.45, 2.75) is 38.8 Å². The van der Waals surface area contributed by atoms with Gasteiger partial charge in [-0.15, -0.1) is 0 Å². The van der Waals surface area contributed by atoms with Crippen molar-refractivity contribution >= 4 is 16.9 Å². The van der Waals surface area contributed by atoms with Crippen molar-refractivity contribution in [3.63, 3.8) is 0 Å². The molecular formula is C17H19NO2. The molecule has 0 spiro atoms. The van der Waals surface area contributed by atoms with Crippen LogP contribution in [-0.4, -0.2) is 11.7 Å². The van der Waals surface area contributed by atoms with Crippen LogP contribution in [0.3, 0.4) is 0 Å². The Kier molecular flexibility index (Phi) is 2.93. The number of ether oxygens (including phenoxy) is 1. The van der Waals surface area contributed by atoms with E-state index in [1.54, 1.807) is 0 Å². The first-order valence-electron chi connectivity index (χ1n) is 6.94. The van der Waals surface area contributed by atoms with E-state index in [2.05, 4.69) is 35.6 Å². The van der Waals surface area contributed by atoms with Gasteiger partial charge in [-0.1, -0.05) is 36.4 Å². The van der Waals surface area contributed by atoms with Crippen LogP contribution in [0.2, 0.25) is 0 Å². The number of nitrogens with one attached hydrogen (secondary N) is 1. The number of amides is 1. The molecule has 0 aromatic heterocycles. The summed E-state index contributed by atoms with van der Waals surface area (Å²) >= 11 is 0. The summed E-state index contributed by atoms with van der Waals surface area (Å²) in [5.74, 6) is 0. The Morgan fingerprint density at radius 1 is 1.20 bits per heavy atom. The minimum atomic E-state index is -0.471. The third-order valence-corrected chi connectivity index (χ3v) is 3.51. The van der Waals surface area contributed by atoms with Crippen molar-refractivity contribution < 1.29 is 9.53 Å². The van der Waals surface area contributed by atoms with E-state index in [0.29, 0.717) is 0 Å². The van der Waals surface area contributed by atoms with E-state index in [4.69, 9.17) is 4.74 Å². The van der Waals surface area contributed by atoms with Crippen molar-refractivity contribution in [2.75, 3.05) is 0 Å². The summed E-state index contributed by atoms with van der Waals surface area (Å²) in [5.41, 5.74) is 2.00. The molecule has 0 aliphatic heterocycles. The predicted molar refractivity (Wildman–Crippen MR) is 79.8 cm³/mol. The van der Waals surface area contributed by atoms with Crippen molar-refractivity contribution in [2.24, 2.45) is 0 Å². The third kappa shape index (κ3) is 2.36. The summed E-state index contributed by atoms with van der Waals surface area (Å²) in [6, 6.07) is 12.5. The highest BCUT2D eigenvalue weighted by Gasteiger charge is 2.27. The molecule has 2 aromatic rings. The summed E-state index contributed by atoms with van der Waals surface area (Å²) < 4.78 is 5.34. The van der Waals surface area contributed by atoms with Crippen LogP contribution in [0, 0.1) is 0 Å². The van der Waals surface area contributed by atoms with Gasteiger partial charge in [-0.3, -0.25) is 0 Å². The number of hydrogen-bond acceptors (Lipinski definition) is 2. The highest BCUT2D eigenvalue weighted by molar-refractivity contribution is 5.91. The van der Waals surface area contributed by atoms with Crippen LogP contribution in [0.4, 0.5) is 4.79 Å². The lowest BCUT2D eigenvalue weighted by Gasteiger charge is -2.22. The average Bonchev–Trinajstić information content (AvgIpc) is 2.68. The van der Waals surface area contributed by atoms with Crippen LogP contribution in [0.5, 0.6) is 0 Å². The van der Waals surface area contributed by atoms with E-state index in [9.17, 15) is 4.79 Å². The van der Waals surface area contributed by atoms with Gasteiger partial charge in [0.1, 0.15) is 5.60 Å². The van der Waals surface area contributed by atoms with E-state index in [1.165, 1.54) is 21.9 Å². The Morgan fingerprint density at radius 3 is 2.60 bits per heavy atom. The topological polar surface area (TPSA) is 38.3 Å². The summed E-state index contributed by atoms with van der Waals surface area (Å²) in [7, 11) is 0. The van der Waals surface area contributed by atoms with Gasteiger partial charge in [0.25, 0.3) is 0 Å². The lowest BCUT2D eigenvalue weighted by atomic mass is 10.0. The second-order valence-electron chi connectivity index (χ2n) is 6.27. The number of benzene rings is 2. The van der Waals surface area contributed by atoms with E-state index < -0.39 is 5.60 Å². The van der Waals surface area contributed by atoms with Gasteiger partial charge in [0.05, 0.1) is 6.04 Å². The molecule has 0 saturated carbocycles. The molecule has 3 nitrogen and oxygen atoms in total. The number of carbonyl (C=O) groups excluding carboxylic acids is 1. The van der Waals surface area contributed by atoms with Gasteiger partial charge < -0.3 is 10.1 Å². The fourth-order valence-corrected chi connectivity index (χ4v) is 2.82. The fourth-order valence-electron chi connectivity index (χ4n) is 2.82. The predicted octanol–water partition coefficient (Wildman–Crippen LogP) is 3.96. The molecule has 1 atom stereocenters. The molecule has 0 radical (unpaired) electrons. The van der Waals surface area contributed by atoms with Crippen LogP contribution in [-0.2, 0) is 11.2 Å². The summed E-state index contributed by atoms with van der Waals surface area (Å²) in [4.78, 5) is 12.0. The zero-order valence-electron chi connectivity index (χ0n) is 12.1. The van der Waals surface area contributed by atoms with Crippen LogP contribution < -0.4 is 5.32 Å². The first-order valence-corrected chi connectivity index (χ1v) is 6.94. The Labute approximate surface area is 118 Å². The minimum absolute atomic E-state index is 0.00551. The number of rotatable bonds is 1. The van der Waals surface area contributed by atoms with Crippen LogP contribution in [0.15, 0.2) is 36.4 Å². The zero-order valence-corrected chi connectivity index (χ0v) is 12.1. The van der Waals surface area contributed by atoms with Gasteiger partial charge in [0.2, 0.25) is 0 Å². The number of hydrogen-bond donors (Lipinski definition) is 1. The summed E-state index contributed by atoms with van der Waals surface area (Å²) in [5, 5.41) is 5.49. The average molecular weight is 269 g/mol. The van der Waals surface area contributed by atoms with E-state index in [-0.39, 0.29) is 12.1 Å². The van der Waals surface area contributed by atoms with Gasteiger partial charge in [0.15, 0.2) is 0 Å². The van der Waals surface area contributed by atoms with Crippen molar-refractivity contribution in [1.29, 1.82) is 0 Å². The molecule has 1 N–H and O–H groups in total. The molecule has 1 aliphatic carbocycles. The van der Waals surface area contributed by atoms with Crippen molar-refractivity contribution in [3.05, 3.63) is 47.5 Å². The standard InChI is InChI=1S/C17H19NO2/c1-17(2,3)20-16(19)18-14-10-12-8-4-6-11-7-5-9-13(14)15(11)12/h4-9,14H,10H2,1-3H3,(H,18,19). The number of carbonyl (C=O) groups is 1. The Balaban J connectivity index is 1.86. The molecule has 0 heterocycles. The smallest absolute Gasteiger partial charge is 0.408 e. The highest BCUT2D eigenvalue weighted by atomic mass is 16.6. The van der Waals surface area contributed by atoms with Crippen LogP contribution in [0.1, 0.15) is 37.9 Å². The summed E-state index contributed by atoms with van der Waals surface area (Å²) in [6.45, 7) is 5.62. The normalized spacial score (nSPS) is 17.2. The minimum Gasteiger partial charge on any atom is -0.444 e. The first kappa shape index (κ1) is 13.0. The van der Waals surface area contributed by atoms with Gasteiger partial charge in [-0.05, 0) is 49.1 Å². The lowest BCUT2D eigenvalue weighted by molar-refractivity contribution is 0.0505. The van der Waals surface area contributed by atoms with E-state index in [0.717, 1.165) is 6.42 Å².